The molecule has 0 heterocycles. The van der Waals surface area contributed by atoms with Gasteiger partial charge in [-0.3, -0.25) is 4.89 Å². The molecule has 0 amide bonds. The van der Waals surface area contributed by atoms with E-state index in [9.17, 15) is 4.79 Å². The average molecular weight is 364 g/mol. The summed E-state index contributed by atoms with van der Waals surface area (Å²) in [6, 6.07) is 4.94. The Labute approximate surface area is 156 Å². The van der Waals surface area contributed by atoms with Crippen LogP contribution in [-0.2, 0) is 9.78 Å². The molecule has 0 N–H and O–H groups in total. The third kappa shape index (κ3) is 6.87. The zero-order valence-electron chi connectivity index (χ0n) is 16.1. The second kappa shape index (κ2) is 11.8. The molecule has 26 heavy (non-hydrogen) atoms. The molecule has 1 aliphatic rings. The van der Waals surface area contributed by atoms with Gasteiger partial charge in [0.2, 0.25) is 0 Å². The van der Waals surface area contributed by atoms with Gasteiger partial charge in [-0.1, -0.05) is 57.8 Å². The van der Waals surface area contributed by atoms with Crippen LogP contribution < -0.4 is 9.47 Å². The minimum Gasteiger partial charge on any atom is -0.493 e. The van der Waals surface area contributed by atoms with E-state index in [-0.39, 0.29) is 6.10 Å². The van der Waals surface area contributed by atoms with Crippen molar-refractivity contribution in [1.82, 2.24) is 0 Å². The van der Waals surface area contributed by atoms with Crippen LogP contribution >= 0.6 is 0 Å². The predicted octanol–water partition coefficient (Wildman–Crippen LogP) is 5.47. The highest BCUT2D eigenvalue weighted by atomic mass is 17.2. The Morgan fingerprint density at radius 1 is 0.808 bits per heavy atom. The number of carbonyl (C=O) groups is 1. The first-order valence-electron chi connectivity index (χ1n) is 9.84. The minimum atomic E-state index is -0.503. The number of ether oxygens (including phenoxy) is 2. The maximum atomic E-state index is 12.3. The number of methoxy groups -OCH3 is 2. The maximum absolute atomic E-state index is 12.3. The Balaban J connectivity index is 1.86. The van der Waals surface area contributed by atoms with E-state index in [2.05, 4.69) is 0 Å². The van der Waals surface area contributed by atoms with Crippen molar-refractivity contribution in [3.05, 3.63) is 23.8 Å². The van der Waals surface area contributed by atoms with Gasteiger partial charge < -0.3 is 9.47 Å². The zero-order chi connectivity index (χ0) is 18.6. The lowest BCUT2D eigenvalue weighted by molar-refractivity contribution is -0.277. The van der Waals surface area contributed by atoms with Gasteiger partial charge >= 0.3 is 5.97 Å². The molecule has 0 bridgehead atoms. The Morgan fingerprint density at radius 2 is 1.35 bits per heavy atom. The second-order valence-corrected chi connectivity index (χ2v) is 6.92. The predicted molar refractivity (Wildman–Crippen MR) is 101 cm³/mol. The molecule has 0 atom stereocenters. The summed E-state index contributed by atoms with van der Waals surface area (Å²) in [5.74, 6) is 0.564. The largest absolute Gasteiger partial charge is 0.493 e. The van der Waals surface area contributed by atoms with Gasteiger partial charge in [-0.15, -0.1) is 0 Å². The molecular weight excluding hydrogens is 332 g/mol. The number of benzene rings is 1. The van der Waals surface area contributed by atoms with Crippen LogP contribution in [-0.4, -0.2) is 26.3 Å². The third-order valence-corrected chi connectivity index (χ3v) is 4.93. The molecule has 1 saturated carbocycles. The summed E-state index contributed by atoms with van der Waals surface area (Å²) < 4.78 is 10.4. The summed E-state index contributed by atoms with van der Waals surface area (Å²) in [7, 11) is 3.09. The minimum absolute atomic E-state index is 0.0153. The summed E-state index contributed by atoms with van der Waals surface area (Å²) in [5.41, 5.74) is 0.385. The number of carbonyl (C=O) groups excluding carboxylic acids is 1. The molecule has 0 unspecified atom stereocenters. The molecule has 1 aromatic rings. The molecule has 146 valence electrons. The number of hydrogen-bond acceptors (Lipinski definition) is 5. The summed E-state index contributed by atoms with van der Waals surface area (Å²) in [4.78, 5) is 22.9. The first-order chi connectivity index (χ1) is 12.7. The standard InChI is InChI=1S/C21H32O5/c1-23-19-15-14-17(16-20(19)24-2)21(22)26-25-18-12-10-8-6-4-3-5-7-9-11-13-18/h14-16,18H,3-13H2,1-2H3. The van der Waals surface area contributed by atoms with Crippen LogP contribution in [0.1, 0.15) is 81.0 Å². The van der Waals surface area contributed by atoms with Crippen LogP contribution in [0, 0.1) is 0 Å². The molecule has 5 heteroatoms. The molecule has 0 spiro atoms. The van der Waals surface area contributed by atoms with Crippen LogP contribution in [0.2, 0.25) is 0 Å². The van der Waals surface area contributed by atoms with Crippen molar-refractivity contribution in [3.8, 4) is 11.5 Å². The molecule has 1 aromatic carbocycles. The van der Waals surface area contributed by atoms with E-state index in [4.69, 9.17) is 19.2 Å². The zero-order valence-corrected chi connectivity index (χ0v) is 16.1. The molecule has 5 nitrogen and oxygen atoms in total. The average Bonchev–Trinajstić information content (AvgIpc) is 2.66. The molecular formula is C21H32O5. The Morgan fingerprint density at radius 3 is 1.88 bits per heavy atom. The van der Waals surface area contributed by atoms with Gasteiger partial charge in [0.15, 0.2) is 11.5 Å². The van der Waals surface area contributed by atoms with E-state index in [1.807, 2.05) is 0 Å². The SMILES string of the molecule is COc1ccc(C(=O)OOC2CCCCCCCCCCC2)cc1OC. The topological polar surface area (TPSA) is 54.0 Å². The van der Waals surface area contributed by atoms with E-state index in [1.165, 1.54) is 52.1 Å². The lowest BCUT2D eigenvalue weighted by atomic mass is 9.99. The lowest BCUT2D eigenvalue weighted by Crippen LogP contribution is -2.17. The van der Waals surface area contributed by atoms with Crippen molar-refractivity contribution in [2.75, 3.05) is 14.2 Å². The normalized spacial score (nSPS) is 17.6. The van der Waals surface area contributed by atoms with Gasteiger partial charge in [0.05, 0.1) is 19.8 Å². The van der Waals surface area contributed by atoms with Gasteiger partial charge in [0.1, 0.15) is 6.10 Å². The van der Waals surface area contributed by atoms with Gasteiger partial charge in [-0.2, -0.15) is 4.89 Å². The number of rotatable bonds is 5. The van der Waals surface area contributed by atoms with Crippen molar-refractivity contribution in [1.29, 1.82) is 0 Å². The lowest BCUT2D eigenvalue weighted by Gasteiger charge is -2.17. The van der Waals surface area contributed by atoms with Crippen LogP contribution in [0.15, 0.2) is 18.2 Å². The van der Waals surface area contributed by atoms with Crippen molar-refractivity contribution in [2.24, 2.45) is 0 Å². The van der Waals surface area contributed by atoms with Crippen LogP contribution in [0.5, 0.6) is 11.5 Å². The molecule has 0 aliphatic heterocycles. The first-order valence-corrected chi connectivity index (χ1v) is 9.84. The first kappa shape index (κ1) is 20.6. The fourth-order valence-electron chi connectivity index (χ4n) is 3.35. The molecule has 1 aliphatic carbocycles. The maximum Gasteiger partial charge on any atom is 0.373 e. The van der Waals surface area contributed by atoms with E-state index in [0.717, 1.165) is 25.7 Å². The molecule has 2 rings (SSSR count). The smallest absolute Gasteiger partial charge is 0.373 e. The van der Waals surface area contributed by atoms with Crippen LogP contribution in [0.4, 0.5) is 0 Å². The van der Waals surface area contributed by atoms with Crippen LogP contribution in [0.3, 0.4) is 0 Å². The Hall–Kier alpha value is -1.75. The summed E-state index contributed by atoms with van der Waals surface area (Å²) >= 11 is 0. The highest BCUT2D eigenvalue weighted by Crippen LogP contribution is 2.28. The van der Waals surface area contributed by atoms with Gasteiger partial charge in [0, 0.05) is 0 Å². The summed E-state index contributed by atoms with van der Waals surface area (Å²) in [6.07, 6.45) is 13.2. The van der Waals surface area contributed by atoms with E-state index < -0.39 is 5.97 Å². The van der Waals surface area contributed by atoms with Gasteiger partial charge in [0.25, 0.3) is 0 Å². The second-order valence-electron chi connectivity index (χ2n) is 6.92. The highest BCUT2D eigenvalue weighted by molar-refractivity contribution is 5.89. The van der Waals surface area contributed by atoms with Crippen molar-refractivity contribution >= 4 is 5.97 Å². The van der Waals surface area contributed by atoms with Gasteiger partial charge in [-0.25, -0.2) is 4.79 Å². The van der Waals surface area contributed by atoms with Crippen LogP contribution in [0.25, 0.3) is 0 Å². The fraction of sp³-hybridized carbons (Fsp3) is 0.667. The summed E-state index contributed by atoms with van der Waals surface area (Å²) in [5, 5.41) is 0. The molecule has 1 fully saturated rings. The molecule has 0 saturated heterocycles. The van der Waals surface area contributed by atoms with Crippen molar-refractivity contribution in [2.45, 2.75) is 76.7 Å². The number of hydrogen-bond donors (Lipinski definition) is 0. The monoisotopic (exact) mass is 364 g/mol. The summed E-state index contributed by atoms with van der Waals surface area (Å²) in [6.45, 7) is 0. The molecule has 0 radical (unpaired) electrons. The molecule has 0 aromatic heterocycles. The quantitative estimate of drug-likeness (QED) is 0.512. The van der Waals surface area contributed by atoms with Crippen molar-refractivity contribution < 1.29 is 24.0 Å². The van der Waals surface area contributed by atoms with E-state index in [1.54, 1.807) is 25.3 Å². The van der Waals surface area contributed by atoms with E-state index >= 15 is 0 Å². The van der Waals surface area contributed by atoms with E-state index in [0.29, 0.717) is 17.1 Å². The van der Waals surface area contributed by atoms with Gasteiger partial charge in [-0.05, 0) is 31.0 Å². The fourth-order valence-corrected chi connectivity index (χ4v) is 3.35. The highest BCUT2D eigenvalue weighted by Gasteiger charge is 2.17. The Bertz CT molecular complexity index is 531. The van der Waals surface area contributed by atoms with Crippen molar-refractivity contribution in [3.63, 3.8) is 0 Å². The Kier molecular flexibility index (Phi) is 9.32. The third-order valence-electron chi connectivity index (χ3n) is 4.93.